The molecular formula is C17H19F3N6. The van der Waals surface area contributed by atoms with Crippen LogP contribution in [0.15, 0.2) is 35.5 Å². The summed E-state index contributed by atoms with van der Waals surface area (Å²) in [6.07, 6.45) is -0.0795. The average molecular weight is 364 g/mol. The number of aromatic nitrogens is 2. The monoisotopic (exact) mass is 364 g/mol. The maximum Gasteiger partial charge on any atom is 0.433 e. The second-order valence-electron chi connectivity index (χ2n) is 5.92. The molecule has 0 unspecified atom stereocenters. The fraction of sp³-hybridized carbons (Fsp3) is 0.353. The highest BCUT2D eigenvalue weighted by atomic mass is 19.4. The molecule has 1 heterocycles. The standard InChI is InChI=1S/C17H19F3N6/c18-17(19,20)14-6-7-23-16(26-14)24-9-8-22-15(21)25-13-5-4-11-2-1-3-12(11)10-13/h4-7,10H,1-3,8-9H2,(H3,21,22,25)(H,23,24,26). The summed E-state index contributed by atoms with van der Waals surface area (Å²) in [5, 5.41) is 5.72. The third kappa shape index (κ3) is 4.62. The third-order valence-electron chi connectivity index (χ3n) is 3.99. The number of benzene rings is 1. The number of nitrogens with one attached hydrogen (secondary N) is 2. The number of halogens is 3. The Morgan fingerprint density at radius 3 is 2.81 bits per heavy atom. The van der Waals surface area contributed by atoms with Crippen molar-refractivity contribution in [2.24, 2.45) is 10.7 Å². The zero-order valence-corrected chi connectivity index (χ0v) is 14.0. The van der Waals surface area contributed by atoms with Crippen molar-refractivity contribution < 1.29 is 13.2 Å². The lowest BCUT2D eigenvalue weighted by Gasteiger charge is -2.09. The van der Waals surface area contributed by atoms with Gasteiger partial charge in [0.05, 0.1) is 6.54 Å². The molecular weight excluding hydrogens is 345 g/mol. The normalized spacial score (nSPS) is 14.2. The van der Waals surface area contributed by atoms with E-state index in [1.807, 2.05) is 6.07 Å². The zero-order chi connectivity index (χ0) is 18.6. The summed E-state index contributed by atoms with van der Waals surface area (Å²) in [5.41, 5.74) is 8.43. The van der Waals surface area contributed by atoms with Crippen molar-refractivity contribution in [1.29, 1.82) is 0 Å². The molecule has 138 valence electrons. The number of aliphatic imine (C=N–C) groups is 1. The predicted molar refractivity (Wildman–Crippen MR) is 94.1 cm³/mol. The van der Waals surface area contributed by atoms with Crippen LogP contribution in [-0.4, -0.2) is 29.0 Å². The fourth-order valence-corrected chi connectivity index (χ4v) is 2.78. The molecule has 9 heteroatoms. The van der Waals surface area contributed by atoms with Gasteiger partial charge in [0.2, 0.25) is 5.95 Å². The summed E-state index contributed by atoms with van der Waals surface area (Å²) >= 11 is 0. The van der Waals surface area contributed by atoms with Gasteiger partial charge < -0.3 is 16.4 Å². The summed E-state index contributed by atoms with van der Waals surface area (Å²) < 4.78 is 37.8. The predicted octanol–water partition coefficient (Wildman–Crippen LogP) is 2.82. The van der Waals surface area contributed by atoms with Gasteiger partial charge in [-0.25, -0.2) is 9.97 Å². The highest BCUT2D eigenvalue weighted by molar-refractivity contribution is 5.92. The molecule has 1 aliphatic carbocycles. The first-order chi connectivity index (χ1) is 12.4. The molecule has 6 nitrogen and oxygen atoms in total. The van der Waals surface area contributed by atoms with Gasteiger partial charge >= 0.3 is 6.18 Å². The molecule has 2 aromatic rings. The summed E-state index contributed by atoms with van der Waals surface area (Å²) in [6, 6.07) is 6.94. The van der Waals surface area contributed by atoms with E-state index < -0.39 is 11.9 Å². The minimum atomic E-state index is -4.50. The molecule has 0 amide bonds. The fourth-order valence-electron chi connectivity index (χ4n) is 2.78. The molecule has 0 saturated heterocycles. The molecule has 1 aromatic carbocycles. The summed E-state index contributed by atoms with van der Waals surface area (Å²) in [4.78, 5) is 11.3. The number of rotatable bonds is 5. The molecule has 0 atom stereocenters. The van der Waals surface area contributed by atoms with Crippen LogP contribution in [-0.2, 0) is 19.0 Å². The molecule has 0 aliphatic heterocycles. The van der Waals surface area contributed by atoms with Gasteiger partial charge in [-0.2, -0.15) is 13.2 Å². The lowest BCUT2D eigenvalue weighted by molar-refractivity contribution is -0.141. The maximum atomic E-state index is 12.6. The molecule has 0 saturated carbocycles. The molecule has 1 aliphatic rings. The number of guanidine groups is 1. The number of nitrogens with two attached hydrogens (primary N) is 1. The van der Waals surface area contributed by atoms with Gasteiger partial charge in [-0.3, -0.25) is 4.99 Å². The number of anilines is 2. The van der Waals surface area contributed by atoms with Gasteiger partial charge in [0.15, 0.2) is 5.96 Å². The lowest BCUT2D eigenvalue weighted by atomic mass is 10.1. The van der Waals surface area contributed by atoms with Crippen molar-refractivity contribution in [3.8, 4) is 0 Å². The van der Waals surface area contributed by atoms with E-state index in [1.54, 1.807) is 0 Å². The lowest BCUT2D eigenvalue weighted by Crippen LogP contribution is -2.24. The van der Waals surface area contributed by atoms with Gasteiger partial charge in [-0.15, -0.1) is 0 Å². The molecule has 1 aromatic heterocycles. The Hall–Kier alpha value is -2.84. The number of aryl methyl sites for hydroxylation is 2. The van der Waals surface area contributed by atoms with Crippen LogP contribution in [0, 0.1) is 0 Å². The van der Waals surface area contributed by atoms with Gasteiger partial charge in [0.25, 0.3) is 0 Å². The zero-order valence-electron chi connectivity index (χ0n) is 14.0. The van der Waals surface area contributed by atoms with E-state index in [2.05, 4.69) is 37.7 Å². The third-order valence-corrected chi connectivity index (χ3v) is 3.99. The molecule has 0 spiro atoms. The minimum absolute atomic E-state index is 0.0971. The molecule has 3 rings (SSSR count). The Balaban J connectivity index is 1.49. The minimum Gasteiger partial charge on any atom is -0.370 e. The van der Waals surface area contributed by atoms with Crippen LogP contribution < -0.4 is 16.4 Å². The first-order valence-corrected chi connectivity index (χ1v) is 8.25. The Morgan fingerprint density at radius 2 is 2.00 bits per heavy atom. The van der Waals surface area contributed by atoms with Crippen LogP contribution in [0.5, 0.6) is 0 Å². The Labute approximate surface area is 148 Å². The van der Waals surface area contributed by atoms with E-state index in [4.69, 9.17) is 5.73 Å². The van der Waals surface area contributed by atoms with Crippen LogP contribution in [0.25, 0.3) is 0 Å². The smallest absolute Gasteiger partial charge is 0.370 e. The highest BCUT2D eigenvalue weighted by Crippen LogP contribution is 2.27. The quantitative estimate of drug-likeness (QED) is 0.431. The summed E-state index contributed by atoms with van der Waals surface area (Å²) in [5.74, 6) is 0.148. The number of fused-ring (bicyclic) bond motifs is 1. The van der Waals surface area contributed by atoms with Crippen LogP contribution in [0.1, 0.15) is 23.2 Å². The second kappa shape index (κ2) is 7.59. The highest BCUT2D eigenvalue weighted by Gasteiger charge is 2.32. The molecule has 0 fully saturated rings. The van der Waals surface area contributed by atoms with Crippen molar-refractivity contribution in [2.75, 3.05) is 23.7 Å². The van der Waals surface area contributed by atoms with Crippen molar-refractivity contribution in [3.63, 3.8) is 0 Å². The van der Waals surface area contributed by atoms with Crippen molar-refractivity contribution in [2.45, 2.75) is 25.4 Å². The van der Waals surface area contributed by atoms with Gasteiger partial charge in [0.1, 0.15) is 5.69 Å². The average Bonchev–Trinajstić information content (AvgIpc) is 3.06. The van der Waals surface area contributed by atoms with E-state index in [9.17, 15) is 13.2 Å². The van der Waals surface area contributed by atoms with Crippen LogP contribution in [0.3, 0.4) is 0 Å². The Bertz CT molecular complexity index is 803. The van der Waals surface area contributed by atoms with Gasteiger partial charge in [0, 0.05) is 18.4 Å². The van der Waals surface area contributed by atoms with Crippen LogP contribution >= 0.6 is 0 Å². The Morgan fingerprint density at radius 1 is 1.19 bits per heavy atom. The first kappa shape index (κ1) is 18.0. The van der Waals surface area contributed by atoms with Gasteiger partial charge in [-0.1, -0.05) is 6.07 Å². The van der Waals surface area contributed by atoms with E-state index in [0.29, 0.717) is 0 Å². The van der Waals surface area contributed by atoms with E-state index >= 15 is 0 Å². The van der Waals surface area contributed by atoms with Crippen molar-refractivity contribution >= 4 is 17.6 Å². The number of nitrogens with zero attached hydrogens (tertiary/aromatic N) is 3. The number of hydrogen-bond donors (Lipinski definition) is 3. The van der Waals surface area contributed by atoms with Crippen molar-refractivity contribution in [1.82, 2.24) is 9.97 Å². The molecule has 26 heavy (non-hydrogen) atoms. The largest absolute Gasteiger partial charge is 0.433 e. The summed E-state index contributed by atoms with van der Waals surface area (Å²) in [7, 11) is 0. The summed E-state index contributed by atoms with van der Waals surface area (Å²) in [6.45, 7) is 0.525. The molecule has 4 N–H and O–H groups in total. The van der Waals surface area contributed by atoms with Crippen LogP contribution in [0.4, 0.5) is 24.8 Å². The number of hydrogen-bond acceptors (Lipinski definition) is 4. The van der Waals surface area contributed by atoms with E-state index in [1.165, 1.54) is 17.5 Å². The SMILES string of the molecule is NC(=NCCNc1nccc(C(F)(F)F)n1)Nc1ccc2c(c1)CCC2. The number of alkyl halides is 3. The topological polar surface area (TPSA) is 88.2 Å². The van der Waals surface area contributed by atoms with Crippen molar-refractivity contribution in [3.05, 3.63) is 47.3 Å². The first-order valence-electron chi connectivity index (χ1n) is 8.25. The van der Waals surface area contributed by atoms with Gasteiger partial charge in [-0.05, 0) is 48.6 Å². The van der Waals surface area contributed by atoms with E-state index in [-0.39, 0.29) is 25.0 Å². The maximum absolute atomic E-state index is 12.6. The van der Waals surface area contributed by atoms with Crippen LogP contribution in [0.2, 0.25) is 0 Å². The molecule has 0 radical (unpaired) electrons. The van der Waals surface area contributed by atoms with E-state index in [0.717, 1.165) is 30.8 Å². The second-order valence-corrected chi connectivity index (χ2v) is 5.92. The Kier molecular flexibility index (Phi) is 5.24. The molecule has 0 bridgehead atoms.